The minimum absolute atomic E-state index is 0.0495. The van der Waals surface area contributed by atoms with E-state index in [2.05, 4.69) is 22.8 Å². The number of terminal acetylenes is 1. The van der Waals surface area contributed by atoms with E-state index >= 15 is 0 Å². The van der Waals surface area contributed by atoms with Crippen molar-refractivity contribution in [3.63, 3.8) is 0 Å². The van der Waals surface area contributed by atoms with E-state index in [1.807, 2.05) is 16.8 Å². The highest BCUT2D eigenvalue weighted by molar-refractivity contribution is 6.28. The predicted octanol–water partition coefficient (Wildman–Crippen LogP) is 6.59. The lowest BCUT2D eigenvalue weighted by atomic mass is 10.0. The van der Waals surface area contributed by atoms with Crippen molar-refractivity contribution in [1.82, 2.24) is 14.5 Å². The van der Waals surface area contributed by atoms with Crippen LogP contribution in [0.2, 0.25) is 5.28 Å². The normalized spacial score (nSPS) is 19.7. The molecule has 0 unspecified atom stereocenters. The fraction of sp³-hybridized carbons (Fsp3) is 0.667. The van der Waals surface area contributed by atoms with E-state index in [1.54, 1.807) is 0 Å². The number of carbonyl (C=O) groups is 1. The Labute approximate surface area is 214 Å². The molecule has 0 amide bonds. The second-order valence-corrected chi connectivity index (χ2v) is 9.87. The Bertz CT molecular complexity index is 1000. The Balaban J connectivity index is 1.35. The lowest BCUT2D eigenvalue weighted by molar-refractivity contribution is -0.152. The maximum atomic E-state index is 12.3. The highest BCUT2D eigenvalue weighted by atomic mass is 35.5. The second kappa shape index (κ2) is 13.7. The Morgan fingerprint density at radius 1 is 1.20 bits per heavy atom. The van der Waals surface area contributed by atoms with Gasteiger partial charge in [-0.25, -0.2) is 4.98 Å². The smallest absolute Gasteiger partial charge is 0.305 e. The SMILES string of the molecule is C#C[C@@]1(COC(=O)CCCCCCCCCCCCC)CC[C@H](n2ccc3c(N)nc(Cl)nc32)O1. The number of rotatable bonds is 15. The van der Waals surface area contributed by atoms with E-state index < -0.39 is 5.60 Å². The maximum absolute atomic E-state index is 12.3. The number of fused-ring (bicyclic) bond motifs is 1. The fourth-order valence-corrected chi connectivity index (χ4v) is 4.82. The first-order chi connectivity index (χ1) is 17.0. The molecule has 1 fully saturated rings. The number of hydrogen-bond acceptors (Lipinski definition) is 6. The molecule has 0 spiro atoms. The molecule has 35 heavy (non-hydrogen) atoms. The Hall–Kier alpha value is -2.30. The van der Waals surface area contributed by atoms with Gasteiger partial charge in [-0.1, -0.05) is 77.1 Å². The molecule has 192 valence electrons. The number of unbranched alkanes of at least 4 members (excludes halogenated alkanes) is 10. The van der Waals surface area contributed by atoms with Gasteiger partial charge in [0.15, 0.2) is 5.60 Å². The monoisotopic (exact) mass is 502 g/mol. The topological polar surface area (TPSA) is 92.3 Å². The number of nitrogens with two attached hydrogens (primary N) is 1. The standard InChI is InChI=1S/C27H39ClN4O3/c1-3-5-6-7-8-9-10-11-12-13-14-15-23(33)34-20-27(4-2)18-16-22(35-27)32-19-17-21-24(29)30-26(28)31-25(21)32/h2,17,19,22H,3,5-16,18,20H2,1H3,(H2,29,30,31)/t22-,27+/m1/s1. The Kier molecular flexibility index (Phi) is 10.7. The van der Waals surface area contributed by atoms with Gasteiger partial charge in [-0.2, -0.15) is 4.98 Å². The minimum atomic E-state index is -0.948. The highest BCUT2D eigenvalue weighted by Crippen LogP contribution is 2.38. The molecule has 0 saturated carbocycles. The van der Waals surface area contributed by atoms with Crippen molar-refractivity contribution in [2.75, 3.05) is 12.3 Å². The number of hydrogen-bond donors (Lipinski definition) is 1. The van der Waals surface area contributed by atoms with Gasteiger partial charge >= 0.3 is 5.97 Å². The van der Waals surface area contributed by atoms with E-state index in [1.165, 1.54) is 57.8 Å². The number of halogens is 1. The molecule has 1 saturated heterocycles. The summed E-state index contributed by atoms with van der Waals surface area (Å²) in [6.45, 7) is 2.30. The van der Waals surface area contributed by atoms with Gasteiger partial charge in [0.1, 0.15) is 24.3 Å². The average molecular weight is 503 g/mol. The van der Waals surface area contributed by atoms with Crippen molar-refractivity contribution in [3.8, 4) is 12.3 Å². The van der Waals surface area contributed by atoms with Crippen LogP contribution in [0.15, 0.2) is 12.3 Å². The van der Waals surface area contributed by atoms with Gasteiger partial charge in [-0.05, 0) is 36.9 Å². The number of aromatic nitrogens is 3. The van der Waals surface area contributed by atoms with E-state index in [4.69, 9.17) is 33.2 Å². The summed E-state index contributed by atoms with van der Waals surface area (Å²) >= 11 is 5.99. The zero-order valence-corrected chi connectivity index (χ0v) is 21.7. The average Bonchev–Trinajstić information content (AvgIpc) is 3.46. The van der Waals surface area contributed by atoms with Gasteiger partial charge in [0.2, 0.25) is 5.28 Å². The highest BCUT2D eigenvalue weighted by Gasteiger charge is 2.41. The van der Waals surface area contributed by atoms with Crippen molar-refractivity contribution in [2.45, 2.75) is 109 Å². The molecule has 3 heterocycles. The van der Waals surface area contributed by atoms with Gasteiger partial charge in [-0.3, -0.25) is 4.79 Å². The molecule has 0 aromatic carbocycles. The molecule has 8 heteroatoms. The number of anilines is 1. The first-order valence-electron chi connectivity index (χ1n) is 13.1. The molecule has 2 N–H and O–H groups in total. The summed E-state index contributed by atoms with van der Waals surface area (Å²) in [7, 11) is 0. The largest absolute Gasteiger partial charge is 0.462 e. The molecule has 1 aliphatic rings. The van der Waals surface area contributed by atoms with Crippen molar-refractivity contribution < 1.29 is 14.3 Å². The van der Waals surface area contributed by atoms with Crippen LogP contribution in [0.3, 0.4) is 0 Å². The van der Waals surface area contributed by atoms with E-state index in [0.717, 1.165) is 12.8 Å². The van der Waals surface area contributed by atoms with Gasteiger partial charge in [0, 0.05) is 12.6 Å². The molecule has 0 aliphatic carbocycles. The van der Waals surface area contributed by atoms with Gasteiger partial charge in [0.25, 0.3) is 0 Å². The Morgan fingerprint density at radius 2 is 1.86 bits per heavy atom. The van der Waals surface area contributed by atoms with Gasteiger partial charge in [-0.15, -0.1) is 6.42 Å². The van der Waals surface area contributed by atoms with E-state index in [-0.39, 0.29) is 24.1 Å². The van der Waals surface area contributed by atoms with E-state index in [0.29, 0.717) is 36.1 Å². The number of esters is 1. The summed E-state index contributed by atoms with van der Waals surface area (Å²) in [6, 6.07) is 1.83. The van der Waals surface area contributed by atoms with Crippen LogP contribution in [-0.2, 0) is 14.3 Å². The maximum Gasteiger partial charge on any atom is 0.305 e. The summed E-state index contributed by atoms with van der Waals surface area (Å²) < 4.78 is 13.6. The quantitative estimate of drug-likeness (QED) is 0.128. The summed E-state index contributed by atoms with van der Waals surface area (Å²) in [6.07, 6.45) is 22.6. The molecule has 2 atom stereocenters. The number of nitrogen functional groups attached to an aromatic ring is 1. The second-order valence-electron chi connectivity index (χ2n) is 9.53. The molecule has 7 nitrogen and oxygen atoms in total. The van der Waals surface area contributed by atoms with Crippen molar-refractivity contribution in [2.24, 2.45) is 0 Å². The first-order valence-corrected chi connectivity index (χ1v) is 13.5. The third-order valence-corrected chi connectivity index (χ3v) is 6.92. The summed E-state index contributed by atoms with van der Waals surface area (Å²) in [5.41, 5.74) is 5.59. The molecular formula is C27H39ClN4O3. The summed E-state index contributed by atoms with van der Waals surface area (Å²) in [5, 5.41) is 0.780. The number of nitrogens with zero attached hydrogens (tertiary/aromatic N) is 3. The molecule has 1 aliphatic heterocycles. The molecule has 0 bridgehead atoms. The number of ether oxygens (including phenoxy) is 2. The van der Waals surface area contributed by atoms with Crippen LogP contribution in [0, 0.1) is 12.3 Å². The van der Waals surface area contributed by atoms with Crippen LogP contribution in [0.1, 0.15) is 103 Å². The third-order valence-electron chi connectivity index (χ3n) is 6.75. The van der Waals surface area contributed by atoms with Crippen LogP contribution in [0.4, 0.5) is 5.82 Å². The lowest BCUT2D eigenvalue weighted by Gasteiger charge is -2.24. The molecule has 2 aromatic rings. The third kappa shape index (κ3) is 7.85. The van der Waals surface area contributed by atoms with Crippen LogP contribution in [0.5, 0.6) is 0 Å². The lowest BCUT2D eigenvalue weighted by Crippen LogP contribution is -2.34. The van der Waals surface area contributed by atoms with Crippen LogP contribution >= 0.6 is 11.6 Å². The fourth-order valence-electron chi connectivity index (χ4n) is 4.65. The van der Waals surface area contributed by atoms with E-state index in [9.17, 15) is 4.79 Å². The molecule has 0 radical (unpaired) electrons. The van der Waals surface area contributed by atoms with Crippen molar-refractivity contribution in [1.29, 1.82) is 0 Å². The molecule has 2 aromatic heterocycles. The Morgan fingerprint density at radius 3 is 2.51 bits per heavy atom. The molecular weight excluding hydrogens is 464 g/mol. The van der Waals surface area contributed by atoms with Crippen LogP contribution in [0.25, 0.3) is 11.0 Å². The zero-order chi connectivity index (χ0) is 25.1. The summed E-state index contributed by atoms with van der Waals surface area (Å²) in [5.74, 6) is 2.81. The predicted molar refractivity (Wildman–Crippen MR) is 140 cm³/mol. The minimum Gasteiger partial charge on any atom is -0.462 e. The van der Waals surface area contributed by atoms with Crippen molar-refractivity contribution in [3.05, 3.63) is 17.5 Å². The van der Waals surface area contributed by atoms with Gasteiger partial charge in [0.05, 0.1) is 5.39 Å². The number of carbonyl (C=O) groups excluding carboxylic acids is 1. The van der Waals surface area contributed by atoms with Crippen LogP contribution < -0.4 is 5.73 Å². The van der Waals surface area contributed by atoms with Crippen molar-refractivity contribution >= 4 is 34.4 Å². The molecule has 3 rings (SSSR count). The summed E-state index contributed by atoms with van der Waals surface area (Å²) in [4.78, 5) is 20.6. The zero-order valence-electron chi connectivity index (χ0n) is 20.9. The first kappa shape index (κ1) is 27.3. The van der Waals surface area contributed by atoms with Crippen LogP contribution in [-0.4, -0.2) is 32.7 Å². The van der Waals surface area contributed by atoms with Gasteiger partial charge < -0.3 is 19.8 Å².